The Morgan fingerprint density at radius 1 is 1.29 bits per heavy atom. The lowest BCUT2D eigenvalue weighted by atomic mass is 10.2. The van der Waals surface area contributed by atoms with E-state index in [1.54, 1.807) is 6.07 Å². The van der Waals surface area contributed by atoms with E-state index in [2.05, 4.69) is 22.2 Å². The normalized spacial score (nSPS) is 10.5. The van der Waals surface area contributed by atoms with Gasteiger partial charge in [-0.3, -0.25) is 0 Å². The number of aromatic nitrogens is 2. The molecule has 0 radical (unpaired) electrons. The van der Waals surface area contributed by atoms with E-state index in [4.69, 9.17) is 16.3 Å². The van der Waals surface area contributed by atoms with E-state index in [-0.39, 0.29) is 0 Å². The molecule has 0 aliphatic heterocycles. The van der Waals surface area contributed by atoms with Crippen LogP contribution in [0.15, 0.2) is 29.4 Å². The zero-order valence-electron chi connectivity index (χ0n) is 12.3. The van der Waals surface area contributed by atoms with Crippen molar-refractivity contribution in [1.82, 2.24) is 9.97 Å². The molecule has 0 amide bonds. The molecule has 1 N–H and O–H groups in total. The Bertz CT molecular complexity index is 622. The molecule has 0 saturated carbocycles. The second-order valence-corrected chi connectivity index (χ2v) is 5.73. The Labute approximate surface area is 134 Å². The van der Waals surface area contributed by atoms with Crippen molar-refractivity contribution in [2.45, 2.75) is 25.4 Å². The second-order valence-electron chi connectivity index (χ2n) is 4.52. The number of anilines is 1. The van der Waals surface area contributed by atoms with Crippen LogP contribution in [0.1, 0.15) is 18.9 Å². The summed E-state index contributed by atoms with van der Waals surface area (Å²) in [6.45, 7) is 4.93. The van der Waals surface area contributed by atoms with Gasteiger partial charge in [0.1, 0.15) is 11.6 Å². The van der Waals surface area contributed by atoms with Crippen molar-refractivity contribution >= 4 is 29.2 Å². The topological polar surface area (TPSA) is 47.0 Å². The standard InChI is InChI=1S/C15H18ClN3OS/c1-4-7-17-13-9-14(19-15(18-13)21-3)20-12-6-5-11(16)8-10(12)2/h5-6,8-9H,4,7H2,1-3H3,(H,17,18,19). The number of hydrogen-bond acceptors (Lipinski definition) is 5. The van der Waals surface area contributed by atoms with Gasteiger partial charge in [0.05, 0.1) is 0 Å². The molecule has 0 fully saturated rings. The van der Waals surface area contributed by atoms with Crippen molar-refractivity contribution in [2.75, 3.05) is 18.1 Å². The first-order valence-corrected chi connectivity index (χ1v) is 8.33. The Kier molecular flexibility index (Phi) is 5.70. The van der Waals surface area contributed by atoms with E-state index in [0.29, 0.717) is 16.1 Å². The maximum absolute atomic E-state index is 5.96. The van der Waals surface area contributed by atoms with Crippen LogP contribution in [-0.4, -0.2) is 22.8 Å². The zero-order chi connectivity index (χ0) is 15.2. The second kappa shape index (κ2) is 7.52. The van der Waals surface area contributed by atoms with Crippen molar-refractivity contribution < 1.29 is 4.74 Å². The first kappa shape index (κ1) is 15.9. The molecule has 2 rings (SSSR count). The minimum absolute atomic E-state index is 0.526. The predicted octanol–water partition coefficient (Wildman–Crippen LogP) is 4.77. The molecule has 1 aromatic heterocycles. The van der Waals surface area contributed by atoms with Crippen molar-refractivity contribution in [2.24, 2.45) is 0 Å². The molecular weight excluding hydrogens is 306 g/mol. The maximum atomic E-state index is 5.96. The average molecular weight is 324 g/mol. The van der Waals surface area contributed by atoms with Gasteiger partial charge in [-0.1, -0.05) is 30.3 Å². The third-order valence-electron chi connectivity index (χ3n) is 2.77. The highest BCUT2D eigenvalue weighted by Gasteiger charge is 2.08. The molecule has 21 heavy (non-hydrogen) atoms. The molecule has 0 bridgehead atoms. The molecule has 1 aromatic carbocycles. The molecule has 112 valence electrons. The van der Waals surface area contributed by atoms with Gasteiger partial charge in [-0.05, 0) is 43.4 Å². The van der Waals surface area contributed by atoms with Crippen molar-refractivity contribution in [3.63, 3.8) is 0 Å². The number of hydrogen-bond donors (Lipinski definition) is 1. The smallest absolute Gasteiger partial charge is 0.225 e. The summed E-state index contributed by atoms with van der Waals surface area (Å²) in [6, 6.07) is 7.32. The molecule has 1 heterocycles. The molecule has 6 heteroatoms. The molecule has 0 atom stereocenters. The third kappa shape index (κ3) is 4.51. The van der Waals surface area contributed by atoms with E-state index in [0.717, 1.165) is 30.1 Å². The van der Waals surface area contributed by atoms with Gasteiger partial charge in [0.25, 0.3) is 0 Å². The van der Waals surface area contributed by atoms with E-state index < -0.39 is 0 Å². The monoisotopic (exact) mass is 323 g/mol. The van der Waals surface area contributed by atoms with Gasteiger partial charge >= 0.3 is 0 Å². The molecule has 4 nitrogen and oxygen atoms in total. The third-order valence-corrected chi connectivity index (χ3v) is 3.56. The lowest BCUT2D eigenvalue weighted by Crippen LogP contribution is -2.04. The fourth-order valence-electron chi connectivity index (χ4n) is 1.73. The van der Waals surface area contributed by atoms with Crippen molar-refractivity contribution in [1.29, 1.82) is 0 Å². The van der Waals surface area contributed by atoms with Crippen LogP contribution in [0.3, 0.4) is 0 Å². The van der Waals surface area contributed by atoms with E-state index >= 15 is 0 Å². The van der Waals surface area contributed by atoms with Gasteiger partial charge < -0.3 is 10.1 Å². The lowest BCUT2D eigenvalue weighted by molar-refractivity contribution is 0.453. The summed E-state index contributed by atoms with van der Waals surface area (Å²) in [7, 11) is 0. The van der Waals surface area contributed by atoms with Crippen LogP contribution < -0.4 is 10.1 Å². The van der Waals surface area contributed by atoms with Crippen LogP contribution in [0.4, 0.5) is 5.82 Å². The Morgan fingerprint density at radius 2 is 2.10 bits per heavy atom. The number of rotatable bonds is 6. The summed E-state index contributed by atoms with van der Waals surface area (Å²) in [4.78, 5) is 8.78. The highest BCUT2D eigenvalue weighted by molar-refractivity contribution is 7.98. The zero-order valence-corrected chi connectivity index (χ0v) is 13.9. The van der Waals surface area contributed by atoms with Gasteiger partial charge in [-0.25, -0.2) is 4.98 Å². The van der Waals surface area contributed by atoms with Crippen molar-refractivity contribution in [3.8, 4) is 11.6 Å². The molecular formula is C15H18ClN3OS. The number of benzene rings is 1. The highest BCUT2D eigenvalue weighted by Crippen LogP contribution is 2.28. The Balaban J connectivity index is 2.25. The first-order valence-electron chi connectivity index (χ1n) is 6.73. The molecule has 2 aromatic rings. The van der Waals surface area contributed by atoms with Crippen LogP contribution >= 0.6 is 23.4 Å². The predicted molar refractivity (Wildman–Crippen MR) is 88.9 cm³/mol. The number of thioether (sulfide) groups is 1. The summed E-state index contributed by atoms with van der Waals surface area (Å²) in [5.74, 6) is 2.04. The molecule has 0 spiro atoms. The number of nitrogens with zero attached hydrogens (tertiary/aromatic N) is 2. The van der Waals surface area contributed by atoms with Gasteiger partial charge in [0.2, 0.25) is 5.88 Å². The first-order chi connectivity index (χ1) is 10.1. The fraction of sp³-hybridized carbons (Fsp3) is 0.333. The fourth-order valence-corrected chi connectivity index (χ4v) is 2.33. The number of ether oxygens (including phenoxy) is 1. The van der Waals surface area contributed by atoms with Gasteiger partial charge in [0, 0.05) is 17.6 Å². The van der Waals surface area contributed by atoms with E-state index in [1.807, 2.05) is 31.4 Å². The Hall–Kier alpha value is -1.46. The minimum Gasteiger partial charge on any atom is -0.439 e. The summed E-state index contributed by atoms with van der Waals surface area (Å²) in [5.41, 5.74) is 0.967. The summed E-state index contributed by atoms with van der Waals surface area (Å²) < 4.78 is 5.86. The molecule has 0 aliphatic carbocycles. The molecule has 0 aliphatic rings. The maximum Gasteiger partial charge on any atom is 0.225 e. The van der Waals surface area contributed by atoms with Crippen LogP contribution in [0, 0.1) is 6.92 Å². The van der Waals surface area contributed by atoms with E-state index in [1.165, 1.54) is 11.8 Å². The summed E-state index contributed by atoms with van der Waals surface area (Å²) in [6.07, 6.45) is 2.97. The van der Waals surface area contributed by atoms with Crippen molar-refractivity contribution in [3.05, 3.63) is 34.9 Å². The van der Waals surface area contributed by atoms with Crippen LogP contribution in [0.25, 0.3) is 0 Å². The minimum atomic E-state index is 0.526. The van der Waals surface area contributed by atoms with Crippen LogP contribution in [0.5, 0.6) is 11.6 Å². The highest BCUT2D eigenvalue weighted by atomic mass is 35.5. The van der Waals surface area contributed by atoms with Gasteiger partial charge in [-0.2, -0.15) is 4.98 Å². The van der Waals surface area contributed by atoms with Gasteiger partial charge in [-0.15, -0.1) is 0 Å². The summed E-state index contributed by atoms with van der Waals surface area (Å²) in [5, 5.41) is 4.62. The average Bonchev–Trinajstić information content (AvgIpc) is 2.48. The largest absolute Gasteiger partial charge is 0.439 e. The summed E-state index contributed by atoms with van der Waals surface area (Å²) >= 11 is 7.44. The Morgan fingerprint density at radius 3 is 2.76 bits per heavy atom. The van der Waals surface area contributed by atoms with E-state index in [9.17, 15) is 0 Å². The molecule has 0 saturated heterocycles. The number of aryl methyl sites for hydroxylation is 1. The SMILES string of the molecule is CCCNc1cc(Oc2ccc(Cl)cc2C)nc(SC)n1. The van der Waals surface area contributed by atoms with Crippen LogP contribution in [0.2, 0.25) is 5.02 Å². The quantitative estimate of drug-likeness (QED) is 0.612. The van der Waals surface area contributed by atoms with Gasteiger partial charge in [0.15, 0.2) is 5.16 Å². The van der Waals surface area contributed by atoms with Crippen LogP contribution in [-0.2, 0) is 0 Å². The number of halogens is 1. The number of nitrogens with one attached hydrogen (secondary N) is 1. The molecule has 0 unspecified atom stereocenters. The lowest BCUT2D eigenvalue weighted by Gasteiger charge is -2.11.